The number of carbonyl (C=O) groups excluding carboxylic acids is 1. The van der Waals surface area contributed by atoms with Crippen LogP contribution in [0.15, 0.2) is 82.6 Å². The van der Waals surface area contributed by atoms with Gasteiger partial charge >= 0.3 is 0 Å². The van der Waals surface area contributed by atoms with Crippen LogP contribution in [0.2, 0.25) is 0 Å². The number of benzene rings is 2. The molecule has 1 aliphatic heterocycles. The highest BCUT2D eigenvalue weighted by atomic mass is 16.5. The summed E-state index contributed by atoms with van der Waals surface area (Å²) in [6.07, 6.45) is 2.89. The van der Waals surface area contributed by atoms with Gasteiger partial charge in [0.25, 0.3) is 0 Å². The van der Waals surface area contributed by atoms with E-state index >= 15 is 0 Å². The first kappa shape index (κ1) is 17.6. The van der Waals surface area contributed by atoms with Gasteiger partial charge in [-0.25, -0.2) is 0 Å². The molecule has 5 nitrogen and oxygen atoms in total. The number of para-hydroxylation sites is 2. The number of nitrogens with one attached hydrogen (secondary N) is 2. The third-order valence-electron chi connectivity index (χ3n) is 5.72. The van der Waals surface area contributed by atoms with Gasteiger partial charge in [0.2, 0.25) is 0 Å². The second-order valence-electron chi connectivity index (χ2n) is 7.46. The number of ether oxygens (including phenoxy) is 1. The Bertz CT molecular complexity index is 1070. The molecule has 1 aromatic heterocycles. The Morgan fingerprint density at radius 3 is 2.48 bits per heavy atom. The lowest BCUT2D eigenvalue weighted by Crippen LogP contribution is -2.26. The van der Waals surface area contributed by atoms with Crippen molar-refractivity contribution in [2.24, 2.45) is 0 Å². The fraction of sp³-hybridized carbons (Fsp3) is 0.208. The summed E-state index contributed by atoms with van der Waals surface area (Å²) in [4.78, 5) is 13.3. The van der Waals surface area contributed by atoms with E-state index in [2.05, 4.69) is 22.8 Å². The Kier molecular flexibility index (Phi) is 4.35. The molecule has 29 heavy (non-hydrogen) atoms. The summed E-state index contributed by atoms with van der Waals surface area (Å²) in [6, 6.07) is 19.5. The van der Waals surface area contributed by atoms with Crippen LogP contribution in [0.3, 0.4) is 0 Å². The van der Waals surface area contributed by atoms with Crippen molar-refractivity contribution >= 4 is 17.2 Å². The van der Waals surface area contributed by atoms with Crippen LogP contribution in [0, 0.1) is 0 Å². The van der Waals surface area contributed by atoms with Gasteiger partial charge in [0, 0.05) is 17.7 Å². The molecule has 1 aliphatic carbocycles. The topological polar surface area (TPSA) is 63.5 Å². The molecule has 2 heterocycles. The first-order valence-corrected chi connectivity index (χ1v) is 9.79. The number of ketones is 1. The molecule has 0 bridgehead atoms. The number of furan rings is 1. The Hall–Kier alpha value is -3.47. The van der Waals surface area contributed by atoms with Gasteiger partial charge < -0.3 is 19.8 Å². The molecule has 2 atom stereocenters. The average molecular weight is 386 g/mol. The van der Waals surface area contributed by atoms with E-state index in [9.17, 15) is 4.79 Å². The van der Waals surface area contributed by atoms with E-state index in [0.29, 0.717) is 6.42 Å². The lowest BCUT2D eigenvalue weighted by atomic mass is 9.79. The van der Waals surface area contributed by atoms with Gasteiger partial charge in [-0.05, 0) is 54.3 Å². The van der Waals surface area contributed by atoms with E-state index in [1.807, 2.05) is 48.5 Å². The fourth-order valence-electron chi connectivity index (χ4n) is 4.27. The smallest absolute Gasteiger partial charge is 0.163 e. The van der Waals surface area contributed by atoms with E-state index in [1.54, 1.807) is 13.4 Å². The van der Waals surface area contributed by atoms with Crippen molar-refractivity contribution in [2.75, 3.05) is 17.7 Å². The predicted octanol–water partition coefficient (Wildman–Crippen LogP) is 5.27. The summed E-state index contributed by atoms with van der Waals surface area (Å²) in [5.41, 5.74) is 4.80. The van der Waals surface area contributed by atoms with E-state index in [-0.39, 0.29) is 17.7 Å². The zero-order valence-corrected chi connectivity index (χ0v) is 16.1. The van der Waals surface area contributed by atoms with Crippen molar-refractivity contribution in [1.82, 2.24) is 0 Å². The third-order valence-corrected chi connectivity index (χ3v) is 5.72. The Labute approximate surface area is 169 Å². The molecule has 2 N–H and O–H groups in total. The number of carbonyl (C=O) groups is 1. The lowest BCUT2D eigenvalue weighted by molar-refractivity contribution is -0.116. The monoisotopic (exact) mass is 386 g/mol. The first-order chi connectivity index (χ1) is 14.2. The highest BCUT2D eigenvalue weighted by molar-refractivity contribution is 6.01. The van der Waals surface area contributed by atoms with Gasteiger partial charge in [-0.2, -0.15) is 0 Å². The minimum atomic E-state index is -0.305. The number of hydrogen-bond donors (Lipinski definition) is 2. The average Bonchev–Trinajstić information content (AvgIpc) is 3.22. The Balaban J connectivity index is 1.56. The SMILES string of the molecule is COc1ccc([C@H]2CC(=O)C3=C(C2)Nc2ccccc2N[C@@H]3c2ccco2)cc1. The number of rotatable bonds is 3. The Morgan fingerprint density at radius 1 is 0.966 bits per heavy atom. The molecule has 0 saturated heterocycles. The van der Waals surface area contributed by atoms with Crippen LogP contribution >= 0.6 is 0 Å². The molecule has 0 fully saturated rings. The molecular weight excluding hydrogens is 364 g/mol. The first-order valence-electron chi connectivity index (χ1n) is 9.79. The molecule has 3 aromatic rings. The molecule has 0 unspecified atom stereocenters. The number of Topliss-reactive ketones (excluding diaryl/α,β-unsaturated/α-hetero) is 1. The highest BCUT2D eigenvalue weighted by Gasteiger charge is 2.37. The van der Waals surface area contributed by atoms with Gasteiger partial charge in [-0.3, -0.25) is 4.79 Å². The maximum absolute atomic E-state index is 13.3. The molecule has 2 aromatic carbocycles. The minimum Gasteiger partial charge on any atom is -0.497 e. The van der Waals surface area contributed by atoms with Gasteiger partial charge in [0.05, 0.1) is 24.7 Å². The zero-order valence-electron chi connectivity index (χ0n) is 16.1. The minimum absolute atomic E-state index is 0.127. The molecule has 2 aliphatic rings. The molecule has 0 radical (unpaired) electrons. The van der Waals surface area contributed by atoms with Gasteiger partial charge in [-0.1, -0.05) is 24.3 Å². The summed E-state index contributed by atoms with van der Waals surface area (Å²) in [7, 11) is 1.66. The molecule has 0 amide bonds. The van der Waals surface area contributed by atoms with Crippen LogP contribution in [0.25, 0.3) is 0 Å². The lowest BCUT2D eigenvalue weighted by Gasteiger charge is -2.29. The van der Waals surface area contributed by atoms with Crippen LogP contribution < -0.4 is 15.4 Å². The largest absolute Gasteiger partial charge is 0.497 e. The summed E-state index contributed by atoms with van der Waals surface area (Å²) < 4.78 is 11.0. The van der Waals surface area contributed by atoms with Crippen molar-refractivity contribution < 1.29 is 13.9 Å². The maximum Gasteiger partial charge on any atom is 0.163 e. The Morgan fingerprint density at radius 2 is 1.76 bits per heavy atom. The maximum atomic E-state index is 13.3. The molecule has 146 valence electrons. The quantitative estimate of drug-likeness (QED) is 0.642. The van der Waals surface area contributed by atoms with Crippen LogP contribution in [-0.4, -0.2) is 12.9 Å². The van der Waals surface area contributed by atoms with Gasteiger partial charge in [-0.15, -0.1) is 0 Å². The highest BCUT2D eigenvalue weighted by Crippen LogP contribution is 2.44. The normalized spacial score (nSPS) is 20.8. The van der Waals surface area contributed by atoms with Crippen LogP contribution in [0.1, 0.15) is 36.1 Å². The summed E-state index contributed by atoms with van der Waals surface area (Å²) >= 11 is 0. The van der Waals surface area contributed by atoms with Crippen molar-refractivity contribution in [2.45, 2.75) is 24.8 Å². The standard InChI is InChI=1S/C24H22N2O3/c1-28-17-10-8-15(9-11-17)16-13-20-23(21(27)14-16)24(22-7-4-12-29-22)26-19-6-3-2-5-18(19)25-20/h2-12,16,24-26H,13-14H2,1H3/t16-,24-/m1/s1. The van der Waals surface area contributed by atoms with Gasteiger partial charge in [0.15, 0.2) is 5.78 Å². The van der Waals surface area contributed by atoms with Crippen LogP contribution in [-0.2, 0) is 4.79 Å². The fourth-order valence-corrected chi connectivity index (χ4v) is 4.27. The number of fused-ring (bicyclic) bond motifs is 1. The zero-order chi connectivity index (χ0) is 19.8. The second kappa shape index (κ2) is 7.17. The summed E-state index contributed by atoms with van der Waals surface area (Å²) in [6.45, 7) is 0. The number of allylic oxidation sites excluding steroid dienone is 1. The predicted molar refractivity (Wildman–Crippen MR) is 112 cm³/mol. The van der Waals surface area contributed by atoms with Crippen molar-refractivity contribution in [3.63, 3.8) is 0 Å². The van der Waals surface area contributed by atoms with E-state index in [4.69, 9.17) is 9.15 Å². The molecule has 0 saturated carbocycles. The molecule has 5 rings (SSSR count). The van der Waals surface area contributed by atoms with Crippen LogP contribution in [0.5, 0.6) is 5.75 Å². The number of hydrogen-bond acceptors (Lipinski definition) is 5. The van der Waals surface area contributed by atoms with E-state index in [0.717, 1.165) is 46.1 Å². The van der Waals surface area contributed by atoms with E-state index < -0.39 is 0 Å². The van der Waals surface area contributed by atoms with Crippen LogP contribution in [0.4, 0.5) is 11.4 Å². The van der Waals surface area contributed by atoms with Crippen molar-refractivity contribution in [1.29, 1.82) is 0 Å². The van der Waals surface area contributed by atoms with E-state index in [1.165, 1.54) is 0 Å². The van der Waals surface area contributed by atoms with Crippen molar-refractivity contribution in [3.8, 4) is 5.75 Å². The molecule has 5 heteroatoms. The third kappa shape index (κ3) is 3.18. The van der Waals surface area contributed by atoms with Gasteiger partial charge in [0.1, 0.15) is 17.6 Å². The summed E-state index contributed by atoms with van der Waals surface area (Å²) in [5.74, 6) is 1.83. The van der Waals surface area contributed by atoms with Crippen molar-refractivity contribution in [3.05, 3.63) is 89.5 Å². The molecule has 0 spiro atoms. The summed E-state index contributed by atoms with van der Waals surface area (Å²) in [5, 5.41) is 7.05. The number of anilines is 2. The number of methoxy groups -OCH3 is 1. The second-order valence-corrected chi connectivity index (χ2v) is 7.46. The molecular formula is C24H22N2O3.